The minimum absolute atomic E-state index is 0.254. The number of halogens is 1. The van der Waals surface area contributed by atoms with Gasteiger partial charge in [0.25, 0.3) is 5.91 Å². The Morgan fingerprint density at radius 2 is 2.11 bits per heavy atom. The summed E-state index contributed by atoms with van der Waals surface area (Å²) in [6.07, 6.45) is 6.49. The first-order valence-corrected chi connectivity index (χ1v) is 13.0. The molecule has 0 aliphatic carbocycles. The average molecular weight is 509 g/mol. The van der Waals surface area contributed by atoms with E-state index >= 15 is 0 Å². The SMILES string of the molecule is CS/C(=C\c1ccnc(N2CCC(CNCc3ccc4cc(F)ccc4n3)C(C)C2)n1)C(=O)NC=O. The molecule has 1 aliphatic heterocycles. The first-order chi connectivity index (χ1) is 17.5. The second-order valence-electron chi connectivity index (χ2n) is 8.83. The van der Waals surface area contributed by atoms with Crippen molar-refractivity contribution in [3.05, 3.63) is 64.7 Å². The van der Waals surface area contributed by atoms with Gasteiger partial charge in [-0.05, 0) is 67.5 Å². The van der Waals surface area contributed by atoms with Crippen molar-refractivity contribution < 1.29 is 14.0 Å². The largest absolute Gasteiger partial charge is 0.341 e. The van der Waals surface area contributed by atoms with Gasteiger partial charge in [-0.1, -0.05) is 13.0 Å². The van der Waals surface area contributed by atoms with E-state index in [0.29, 0.717) is 41.3 Å². The van der Waals surface area contributed by atoms with Crippen molar-refractivity contribution in [2.24, 2.45) is 11.8 Å². The summed E-state index contributed by atoms with van der Waals surface area (Å²) in [6.45, 7) is 5.45. The smallest absolute Gasteiger partial charge is 0.264 e. The maximum Gasteiger partial charge on any atom is 0.264 e. The summed E-state index contributed by atoms with van der Waals surface area (Å²) in [5, 5.41) is 6.49. The normalized spacial score (nSPS) is 18.3. The van der Waals surface area contributed by atoms with E-state index in [1.807, 2.05) is 12.1 Å². The monoisotopic (exact) mass is 508 g/mol. The lowest BCUT2D eigenvalue weighted by Crippen LogP contribution is -2.43. The molecular formula is C26H29FN6O2S. The Morgan fingerprint density at radius 3 is 2.89 bits per heavy atom. The summed E-state index contributed by atoms with van der Waals surface area (Å²) in [4.78, 5) is 38.8. The minimum atomic E-state index is -0.451. The third kappa shape index (κ3) is 6.44. The highest BCUT2D eigenvalue weighted by atomic mass is 32.2. The van der Waals surface area contributed by atoms with E-state index in [1.54, 1.807) is 30.7 Å². The van der Waals surface area contributed by atoms with E-state index in [-0.39, 0.29) is 5.82 Å². The molecule has 2 aromatic heterocycles. The molecule has 1 saturated heterocycles. The van der Waals surface area contributed by atoms with Crippen molar-refractivity contribution in [3.63, 3.8) is 0 Å². The Bertz CT molecular complexity index is 1270. The van der Waals surface area contributed by atoms with Gasteiger partial charge in [-0.3, -0.25) is 19.9 Å². The quantitative estimate of drug-likeness (QED) is 0.335. The number of fused-ring (bicyclic) bond motifs is 1. The van der Waals surface area contributed by atoms with E-state index in [9.17, 15) is 14.0 Å². The summed E-state index contributed by atoms with van der Waals surface area (Å²) in [5.74, 6) is 0.869. The topological polar surface area (TPSA) is 100 Å². The molecule has 36 heavy (non-hydrogen) atoms. The first-order valence-electron chi connectivity index (χ1n) is 11.8. The van der Waals surface area contributed by atoms with Crippen LogP contribution in [-0.2, 0) is 16.1 Å². The predicted molar refractivity (Wildman–Crippen MR) is 141 cm³/mol. The molecule has 2 amide bonds. The van der Waals surface area contributed by atoms with Crippen LogP contribution >= 0.6 is 11.8 Å². The van der Waals surface area contributed by atoms with Gasteiger partial charge in [-0.25, -0.2) is 14.4 Å². The number of anilines is 1. The van der Waals surface area contributed by atoms with Crippen molar-refractivity contribution >= 4 is 47.0 Å². The number of amides is 2. The molecule has 0 radical (unpaired) electrons. The fourth-order valence-corrected chi connectivity index (χ4v) is 4.86. The molecule has 2 unspecified atom stereocenters. The van der Waals surface area contributed by atoms with Gasteiger partial charge in [0.1, 0.15) is 5.82 Å². The highest BCUT2D eigenvalue weighted by Gasteiger charge is 2.27. The molecule has 8 nitrogen and oxygen atoms in total. The van der Waals surface area contributed by atoms with Crippen LogP contribution in [0, 0.1) is 17.7 Å². The lowest BCUT2D eigenvalue weighted by atomic mass is 9.87. The number of carbonyl (C=O) groups is 2. The summed E-state index contributed by atoms with van der Waals surface area (Å²) in [7, 11) is 0. The lowest BCUT2D eigenvalue weighted by Gasteiger charge is -2.37. The number of hydrogen-bond donors (Lipinski definition) is 2. The van der Waals surface area contributed by atoms with Crippen molar-refractivity contribution in [2.45, 2.75) is 19.9 Å². The van der Waals surface area contributed by atoms with Crippen LogP contribution in [0.5, 0.6) is 0 Å². The molecule has 0 saturated carbocycles. The first kappa shape index (κ1) is 25.7. The molecule has 188 valence electrons. The van der Waals surface area contributed by atoms with Crippen molar-refractivity contribution in [1.82, 2.24) is 25.6 Å². The standard InChI is InChI=1S/C26H29FN6O2S/c1-17-15-33(26-29-9-7-21(32-26)12-24(36-2)25(35)30-16-34)10-8-19(17)13-28-14-22-5-3-18-11-20(27)4-6-23(18)31-22/h3-7,9,11-12,16-17,19,28H,8,10,13-15H2,1-2H3,(H,30,34,35)/b24-12-. The average Bonchev–Trinajstić information content (AvgIpc) is 2.88. The molecule has 4 rings (SSSR count). The zero-order chi connectivity index (χ0) is 25.5. The molecule has 3 aromatic rings. The zero-order valence-electron chi connectivity index (χ0n) is 20.3. The van der Waals surface area contributed by atoms with Crippen molar-refractivity contribution in [3.8, 4) is 0 Å². The minimum Gasteiger partial charge on any atom is -0.341 e. The molecule has 0 spiro atoms. The zero-order valence-corrected chi connectivity index (χ0v) is 21.1. The number of pyridine rings is 1. The van der Waals surface area contributed by atoms with Crippen LogP contribution in [0.2, 0.25) is 0 Å². The number of rotatable bonds is 9. The summed E-state index contributed by atoms with van der Waals surface area (Å²) >= 11 is 1.25. The van der Waals surface area contributed by atoms with Gasteiger partial charge < -0.3 is 10.2 Å². The van der Waals surface area contributed by atoms with Gasteiger partial charge in [-0.2, -0.15) is 0 Å². The van der Waals surface area contributed by atoms with Crippen molar-refractivity contribution in [2.75, 3.05) is 30.8 Å². The molecule has 1 aromatic carbocycles. The number of hydrogen-bond acceptors (Lipinski definition) is 8. The van der Waals surface area contributed by atoms with Gasteiger partial charge in [-0.15, -0.1) is 11.8 Å². The number of aromatic nitrogens is 3. The van der Waals surface area contributed by atoms with Crippen LogP contribution in [0.1, 0.15) is 24.7 Å². The number of nitrogens with zero attached hydrogens (tertiary/aromatic N) is 4. The van der Waals surface area contributed by atoms with Crippen LogP contribution in [0.4, 0.5) is 10.3 Å². The second kappa shape index (κ2) is 12.0. The number of benzene rings is 1. The van der Waals surface area contributed by atoms with Crippen molar-refractivity contribution in [1.29, 1.82) is 0 Å². The van der Waals surface area contributed by atoms with E-state index in [0.717, 1.165) is 42.7 Å². The predicted octanol–water partition coefficient (Wildman–Crippen LogP) is 3.39. The van der Waals surface area contributed by atoms with E-state index in [2.05, 4.69) is 37.4 Å². The number of imide groups is 1. The van der Waals surface area contributed by atoms with Gasteiger partial charge in [0.2, 0.25) is 12.4 Å². The Labute approximate surface area is 213 Å². The molecular weight excluding hydrogens is 479 g/mol. The third-order valence-electron chi connectivity index (χ3n) is 6.36. The fraction of sp³-hybridized carbons (Fsp3) is 0.346. The Morgan fingerprint density at radius 1 is 1.25 bits per heavy atom. The summed E-state index contributed by atoms with van der Waals surface area (Å²) < 4.78 is 13.4. The summed E-state index contributed by atoms with van der Waals surface area (Å²) in [6, 6.07) is 10.2. The third-order valence-corrected chi connectivity index (χ3v) is 7.11. The van der Waals surface area contributed by atoms with Crippen LogP contribution in [-0.4, -0.2) is 53.2 Å². The Kier molecular flexibility index (Phi) is 8.61. The van der Waals surface area contributed by atoms with Gasteiger partial charge >= 0.3 is 0 Å². The lowest BCUT2D eigenvalue weighted by molar-refractivity contribution is -0.121. The maximum absolute atomic E-state index is 13.4. The van der Waals surface area contributed by atoms with E-state index < -0.39 is 5.91 Å². The highest BCUT2D eigenvalue weighted by Crippen LogP contribution is 2.26. The van der Waals surface area contributed by atoms with Crippen LogP contribution in [0.25, 0.3) is 17.0 Å². The molecule has 1 aliphatic rings. The van der Waals surface area contributed by atoms with Crippen LogP contribution in [0.3, 0.4) is 0 Å². The number of piperidine rings is 1. The summed E-state index contributed by atoms with van der Waals surface area (Å²) in [5.41, 5.74) is 2.35. The number of nitrogens with one attached hydrogen (secondary N) is 2. The molecule has 3 heterocycles. The van der Waals surface area contributed by atoms with Gasteiger partial charge in [0, 0.05) is 31.2 Å². The molecule has 1 fully saturated rings. The number of carbonyl (C=O) groups excluding carboxylic acids is 2. The maximum atomic E-state index is 13.4. The Balaban J connectivity index is 1.32. The molecule has 10 heteroatoms. The van der Waals surface area contributed by atoms with Gasteiger partial charge in [0.15, 0.2) is 0 Å². The fourth-order valence-electron chi connectivity index (χ4n) is 4.37. The van der Waals surface area contributed by atoms with Crippen LogP contribution in [0.15, 0.2) is 47.5 Å². The van der Waals surface area contributed by atoms with E-state index in [1.165, 1.54) is 23.9 Å². The molecule has 0 bridgehead atoms. The second-order valence-corrected chi connectivity index (χ2v) is 9.68. The molecule has 2 atom stereocenters. The highest BCUT2D eigenvalue weighted by molar-refractivity contribution is 8.03. The van der Waals surface area contributed by atoms with E-state index in [4.69, 9.17) is 0 Å². The Hall–Kier alpha value is -3.37. The van der Waals surface area contributed by atoms with Crippen LogP contribution < -0.4 is 15.5 Å². The van der Waals surface area contributed by atoms with Gasteiger partial charge in [0.05, 0.1) is 21.8 Å². The molecule has 2 N–H and O–H groups in total. The number of thioether (sulfide) groups is 1.